The molecule has 0 spiro atoms. The zero-order chi connectivity index (χ0) is 19.8. The third-order valence-electron chi connectivity index (χ3n) is 3.66. The molecule has 0 saturated heterocycles. The number of ether oxygens (including phenoxy) is 1. The Hall–Kier alpha value is -3.03. The van der Waals surface area contributed by atoms with Crippen molar-refractivity contribution in [2.24, 2.45) is 5.92 Å². The monoisotopic (exact) mass is 376 g/mol. The number of carbonyl (C=O) groups is 2. The van der Waals surface area contributed by atoms with Crippen LogP contribution in [0.15, 0.2) is 33.5 Å². The van der Waals surface area contributed by atoms with Crippen molar-refractivity contribution < 1.29 is 23.8 Å². The van der Waals surface area contributed by atoms with Crippen molar-refractivity contribution in [1.82, 2.24) is 10.6 Å². The molecule has 0 aliphatic rings. The number of hydrogen-bond donors (Lipinski definition) is 3. The summed E-state index contributed by atoms with van der Waals surface area (Å²) in [6.45, 7) is 5.02. The number of benzene rings is 1. The summed E-state index contributed by atoms with van der Waals surface area (Å²) >= 11 is 0. The number of phenolic OH excluding ortho intramolecular Hbond substituents is 1. The van der Waals surface area contributed by atoms with Crippen LogP contribution in [0.5, 0.6) is 5.75 Å². The van der Waals surface area contributed by atoms with Gasteiger partial charge in [-0.1, -0.05) is 13.8 Å². The minimum absolute atomic E-state index is 0.0106. The third-order valence-corrected chi connectivity index (χ3v) is 3.66. The van der Waals surface area contributed by atoms with Crippen LogP contribution in [-0.4, -0.2) is 36.8 Å². The summed E-state index contributed by atoms with van der Waals surface area (Å²) < 4.78 is 10.0. The van der Waals surface area contributed by atoms with Gasteiger partial charge in [-0.25, -0.2) is 9.59 Å². The van der Waals surface area contributed by atoms with E-state index in [4.69, 9.17) is 9.15 Å². The van der Waals surface area contributed by atoms with Crippen LogP contribution < -0.4 is 16.3 Å². The lowest BCUT2D eigenvalue weighted by molar-refractivity contribution is -0.120. The van der Waals surface area contributed by atoms with Gasteiger partial charge in [0.2, 0.25) is 5.91 Å². The minimum Gasteiger partial charge on any atom is -0.508 e. The predicted octanol–water partition coefficient (Wildman–Crippen LogP) is 1.93. The first-order chi connectivity index (χ1) is 12.8. The highest BCUT2D eigenvalue weighted by Gasteiger charge is 2.10. The van der Waals surface area contributed by atoms with E-state index in [1.54, 1.807) is 6.07 Å². The molecule has 1 heterocycles. The molecular formula is C19H24N2O6. The second-order valence-corrected chi connectivity index (χ2v) is 6.57. The summed E-state index contributed by atoms with van der Waals surface area (Å²) in [5, 5.41) is 15.4. The maximum Gasteiger partial charge on any atom is 0.407 e. The van der Waals surface area contributed by atoms with Crippen molar-refractivity contribution in [3.8, 4) is 5.75 Å². The molecule has 2 amide bonds. The van der Waals surface area contributed by atoms with Crippen molar-refractivity contribution in [3.05, 3.63) is 40.2 Å². The minimum atomic E-state index is -0.583. The van der Waals surface area contributed by atoms with E-state index in [1.165, 1.54) is 18.2 Å². The summed E-state index contributed by atoms with van der Waals surface area (Å²) in [6.07, 6.45) is 0.0888. The molecule has 2 aromatic rings. The van der Waals surface area contributed by atoms with Crippen LogP contribution in [0.2, 0.25) is 0 Å². The Balaban J connectivity index is 1.79. The molecular weight excluding hydrogens is 352 g/mol. The summed E-state index contributed by atoms with van der Waals surface area (Å²) in [6, 6.07) is 5.67. The molecule has 0 aliphatic carbocycles. The number of hydrogen-bond acceptors (Lipinski definition) is 6. The van der Waals surface area contributed by atoms with Gasteiger partial charge in [-0.2, -0.15) is 0 Å². The van der Waals surface area contributed by atoms with Gasteiger partial charge in [0.15, 0.2) is 0 Å². The maximum absolute atomic E-state index is 12.1. The number of carbonyl (C=O) groups excluding carboxylic acids is 2. The molecule has 0 radical (unpaired) electrons. The SMILES string of the molecule is CC(C)COC(=O)NCCCNC(=O)Cc1cc(=O)oc2cc(O)ccc12. The van der Waals surface area contributed by atoms with Gasteiger partial charge in [0.25, 0.3) is 0 Å². The molecule has 0 bridgehead atoms. The number of fused-ring (bicyclic) bond motifs is 1. The van der Waals surface area contributed by atoms with Crippen LogP contribution >= 0.6 is 0 Å². The zero-order valence-electron chi connectivity index (χ0n) is 15.4. The van der Waals surface area contributed by atoms with E-state index >= 15 is 0 Å². The molecule has 27 heavy (non-hydrogen) atoms. The number of nitrogens with one attached hydrogen (secondary N) is 2. The quantitative estimate of drug-likeness (QED) is 0.479. The highest BCUT2D eigenvalue weighted by molar-refractivity contribution is 5.87. The number of amides is 2. The molecule has 1 aromatic heterocycles. The van der Waals surface area contributed by atoms with E-state index in [0.717, 1.165) is 0 Å². The number of phenols is 1. The second kappa shape index (κ2) is 9.61. The van der Waals surface area contributed by atoms with Gasteiger partial charge in [-0.15, -0.1) is 0 Å². The Labute approximate surface area is 156 Å². The largest absolute Gasteiger partial charge is 0.508 e. The Kier molecular flexibility index (Phi) is 7.22. The summed E-state index contributed by atoms with van der Waals surface area (Å²) in [5.41, 5.74) is 0.170. The first-order valence-electron chi connectivity index (χ1n) is 8.78. The molecule has 0 unspecified atom stereocenters. The normalized spacial score (nSPS) is 10.8. The zero-order valence-corrected chi connectivity index (χ0v) is 15.4. The van der Waals surface area contributed by atoms with E-state index in [-0.39, 0.29) is 29.6 Å². The number of rotatable bonds is 8. The first-order valence-corrected chi connectivity index (χ1v) is 8.78. The van der Waals surface area contributed by atoms with Gasteiger partial charge in [0, 0.05) is 30.6 Å². The maximum atomic E-state index is 12.1. The lowest BCUT2D eigenvalue weighted by Gasteiger charge is -2.09. The fraction of sp³-hybridized carbons (Fsp3) is 0.421. The molecule has 0 saturated carbocycles. The van der Waals surface area contributed by atoms with Crippen molar-refractivity contribution in [3.63, 3.8) is 0 Å². The number of aromatic hydroxyl groups is 1. The fourth-order valence-electron chi connectivity index (χ4n) is 2.40. The first kappa shape index (κ1) is 20.3. The Morgan fingerprint density at radius 2 is 1.93 bits per heavy atom. The van der Waals surface area contributed by atoms with Crippen LogP contribution in [0.4, 0.5) is 4.79 Å². The molecule has 0 fully saturated rings. The van der Waals surface area contributed by atoms with Crippen LogP contribution in [0, 0.1) is 5.92 Å². The van der Waals surface area contributed by atoms with Gasteiger partial charge in [-0.05, 0) is 30.0 Å². The average molecular weight is 376 g/mol. The van der Waals surface area contributed by atoms with Crippen LogP contribution in [0.25, 0.3) is 11.0 Å². The molecule has 146 valence electrons. The summed E-state index contributed by atoms with van der Waals surface area (Å²) in [5.74, 6) is -0.000425. The average Bonchev–Trinajstić information content (AvgIpc) is 2.59. The van der Waals surface area contributed by atoms with E-state index in [1.807, 2.05) is 13.8 Å². The molecule has 2 rings (SSSR count). The third kappa shape index (κ3) is 6.65. The summed E-state index contributed by atoms with van der Waals surface area (Å²) in [7, 11) is 0. The van der Waals surface area contributed by atoms with E-state index in [0.29, 0.717) is 37.1 Å². The van der Waals surface area contributed by atoms with Crippen LogP contribution in [-0.2, 0) is 16.0 Å². The topological polar surface area (TPSA) is 118 Å². The molecule has 1 aromatic carbocycles. The molecule has 8 heteroatoms. The Bertz CT molecular complexity index is 859. The van der Waals surface area contributed by atoms with Crippen molar-refractivity contribution in [2.75, 3.05) is 19.7 Å². The fourth-order valence-corrected chi connectivity index (χ4v) is 2.40. The molecule has 0 atom stereocenters. The van der Waals surface area contributed by atoms with Crippen LogP contribution in [0.3, 0.4) is 0 Å². The second-order valence-electron chi connectivity index (χ2n) is 6.57. The Morgan fingerprint density at radius 1 is 1.19 bits per heavy atom. The van der Waals surface area contributed by atoms with Gasteiger partial charge in [-0.3, -0.25) is 4.79 Å². The van der Waals surface area contributed by atoms with Crippen molar-refractivity contribution >= 4 is 23.0 Å². The smallest absolute Gasteiger partial charge is 0.407 e. The van der Waals surface area contributed by atoms with E-state index in [9.17, 15) is 19.5 Å². The standard InChI is InChI=1S/C19H24N2O6/c1-12(2)11-26-19(25)21-7-3-6-20-17(23)8-13-9-18(24)27-16-10-14(22)4-5-15(13)16/h4-5,9-10,12,22H,3,6-8,11H2,1-2H3,(H,20,23)(H,21,25). The number of alkyl carbamates (subject to hydrolysis) is 1. The van der Waals surface area contributed by atoms with Gasteiger partial charge >= 0.3 is 11.7 Å². The highest BCUT2D eigenvalue weighted by Crippen LogP contribution is 2.22. The highest BCUT2D eigenvalue weighted by atomic mass is 16.5. The van der Waals surface area contributed by atoms with Crippen molar-refractivity contribution in [1.29, 1.82) is 0 Å². The van der Waals surface area contributed by atoms with Crippen molar-refractivity contribution in [2.45, 2.75) is 26.7 Å². The van der Waals surface area contributed by atoms with E-state index in [2.05, 4.69) is 10.6 Å². The van der Waals surface area contributed by atoms with Crippen LogP contribution in [0.1, 0.15) is 25.8 Å². The molecule has 8 nitrogen and oxygen atoms in total. The lowest BCUT2D eigenvalue weighted by Crippen LogP contribution is -2.31. The Morgan fingerprint density at radius 3 is 2.67 bits per heavy atom. The predicted molar refractivity (Wildman–Crippen MR) is 99.7 cm³/mol. The molecule has 0 aliphatic heterocycles. The van der Waals surface area contributed by atoms with Gasteiger partial charge in [0.1, 0.15) is 11.3 Å². The van der Waals surface area contributed by atoms with Gasteiger partial charge < -0.3 is 24.9 Å². The lowest BCUT2D eigenvalue weighted by atomic mass is 10.1. The van der Waals surface area contributed by atoms with Gasteiger partial charge in [0.05, 0.1) is 13.0 Å². The summed E-state index contributed by atoms with van der Waals surface area (Å²) in [4.78, 5) is 35.1. The molecule has 3 N–H and O–H groups in total. The van der Waals surface area contributed by atoms with E-state index < -0.39 is 11.7 Å².